The summed E-state index contributed by atoms with van der Waals surface area (Å²) in [6.45, 7) is 5.23. The van der Waals surface area contributed by atoms with Gasteiger partial charge in [-0.15, -0.1) is 0 Å². The summed E-state index contributed by atoms with van der Waals surface area (Å²) < 4.78 is 11.2. The number of hydrogen-bond donors (Lipinski definition) is 1. The van der Waals surface area contributed by atoms with Gasteiger partial charge in [0.2, 0.25) is 0 Å². The van der Waals surface area contributed by atoms with Crippen LogP contribution in [0, 0.1) is 0 Å². The van der Waals surface area contributed by atoms with Crippen LogP contribution in [0.5, 0.6) is 11.5 Å². The average Bonchev–Trinajstić information content (AvgIpc) is 2.98. The highest BCUT2D eigenvalue weighted by molar-refractivity contribution is 5.40. The van der Waals surface area contributed by atoms with Gasteiger partial charge in [0, 0.05) is 18.7 Å². The van der Waals surface area contributed by atoms with Gasteiger partial charge in [-0.3, -0.25) is 0 Å². The Balaban J connectivity index is 1.81. The molecule has 4 nitrogen and oxygen atoms in total. The van der Waals surface area contributed by atoms with Crippen molar-refractivity contribution in [3.8, 4) is 11.5 Å². The monoisotopic (exact) mass is 278 g/mol. The lowest BCUT2D eigenvalue weighted by atomic mass is 10.2. The molecule has 0 bridgehead atoms. The summed E-state index contributed by atoms with van der Waals surface area (Å²) in [5.74, 6) is 1.83. The normalized spacial score (nSPS) is 15.5. The first-order chi connectivity index (χ1) is 9.83. The SMILES string of the molecule is CNCc1cc(OC)ccc1OCCCN1CCCC1. The summed E-state index contributed by atoms with van der Waals surface area (Å²) in [7, 11) is 3.63. The van der Waals surface area contributed by atoms with Gasteiger partial charge >= 0.3 is 0 Å². The molecule has 1 aromatic carbocycles. The Morgan fingerprint density at radius 1 is 1.25 bits per heavy atom. The third kappa shape index (κ3) is 4.39. The lowest BCUT2D eigenvalue weighted by Gasteiger charge is -2.16. The Hall–Kier alpha value is -1.26. The van der Waals surface area contributed by atoms with Gasteiger partial charge in [-0.2, -0.15) is 0 Å². The number of likely N-dealkylation sites (tertiary alicyclic amines) is 1. The fourth-order valence-electron chi connectivity index (χ4n) is 2.63. The first kappa shape index (κ1) is 15.1. The third-order valence-electron chi connectivity index (χ3n) is 3.71. The molecule has 1 saturated heterocycles. The van der Waals surface area contributed by atoms with Crippen molar-refractivity contribution in [1.29, 1.82) is 0 Å². The Morgan fingerprint density at radius 3 is 2.75 bits per heavy atom. The minimum absolute atomic E-state index is 0.777. The van der Waals surface area contributed by atoms with E-state index in [-0.39, 0.29) is 0 Å². The van der Waals surface area contributed by atoms with Gasteiger partial charge in [-0.1, -0.05) is 0 Å². The topological polar surface area (TPSA) is 33.7 Å². The van der Waals surface area contributed by atoms with Gasteiger partial charge in [-0.05, 0) is 57.6 Å². The number of hydrogen-bond acceptors (Lipinski definition) is 4. The molecule has 0 unspecified atom stereocenters. The van der Waals surface area contributed by atoms with Gasteiger partial charge in [0.1, 0.15) is 11.5 Å². The van der Waals surface area contributed by atoms with E-state index in [2.05, 4.69) is 10.2 Å². The van der Waals surface area contributed by atoms with E-state index in [1.165, 1.54) is 25.9 Å². The van der Waals surface area contributed by atoms with Crippen molar-refractivity contribution < 1.29 is 9.47 Å². The van der Waals surface area contributed by atoms with Gasteiger partial charge in [0.15, 0.2) is 0 Å². The van der Waals surface area contributed by atoms with Gasteiger partial charge in [-0.25, -0.2) is 0 Å². The smallest absolute Gasteiger partial charge is 0.124 e. The van der Waals surface area contributed by atoms with Crippen molar-refractivity contribution in [3.05, 3.63) is 23.8 Å². The van der Waals surface area contributed by atoms with Crippen molar-refractivity contribution in [1.82, 2.24) is 10.2 Å². The van der Waals surface area contributed by atoms with Gasteiger partial charge < -0.3 is 19.7 Å². The number of nitrogens with one attached hydrogen (secondary N) is 1. The number of methoxy groups -OCH3 is 1. The maximum atomic E-state index is 5.93. The molecule has 20 heavy (non-hydrogen) atoms. The fraction of sp³-hybridized carbons (Fsp3) is 0.625. The molecule has 112 valence electrons. The number of nitrogens with zero attached hydrogens (tertiary/aromatic N) is 1. The molecule has 2 rings (SSSR count). The molecular weight excluding hydrogens is 252 g/mol. The minimum atomic E-state index is 0.777. The van der Waals surface area contributed by atoms with Crippen LogP contribution >= 0.6 is 0 Å². The van der Waals surface area contributed by atoms with Crippen LogP contribution in [0.25, 0.3) is 0 Å². The number of ether oxygens (including phenoxy) is 2. The molecular formula is C16H26N2O2. The predicted octanol–water partition coefficient (Wildman–Crippen LogP) is 2.28. The predicted molar refractivity (Wildman–Crippen MR) is 81.5 cm³/mol. The Labute approximate surface area is 122 Å². The third-order valence-corrected chi connectivity index (χ3v) is 3.71. The number of benzene rings is 1. The molecule has 4 heteroatoms. The highest BCUT2D eigenvalue weighted by atomic mass is 16.5. The van der Waals surface area contributed by atoms with Crippen LogP contribution < -0.4 is 14.8 Å². The average molecular weight is 278 g/mol. The molecule has 1 fully saturated rings. The van der Waals surface area contributed by atoms with E-state index >= 15 is 0 Å². The summed E-state index contributed by atoms with van der Waals surface area (Å²) in [6, 6.07) is 5.99. The quantitative estimate of drug-likeness (QED) is 0.740. The second-order valence-corrected chi connectivity index (χ2v) is 5.25. The van der Waals surface area contributed by atoms with Crippen molar-refractivity contribution in [2.45, 2.75) is 25.8 Å². The van der Waals surface area contributed by atoms with E-state index in [1.54, 1.807) is 7.11 Å². The molecule has 1 N–H and O–H groups in total. The van der Waals surface area contributed by atoms with Crippen LogP contribution in [0.3, 0.4) is 0 Å². The second-order valence-electron chi connectivity index (χ2n) is 5.25. The van der Waals surface area contributed by atoms with Crippen LogP contribution in [-0.4, -0.2) is 45.3 Å². The second kappa shape index (κ2) is 8.12. The van der Waals surface area contributed by atoms with E-state index in [9.17, 15) is 0 Å². The Morgan fingerprint density at radius 2 is 2.05 bits per heavy atom. The minimum Gasteiger partial charge on any atom is -0.497 e. The van der Waals surface area contributed by atoms with Crippen LogP contribution in [-0.2, 0) is 6.54 Å². The molecule has 0 radical (unpaired) electrons. The van der Waals surface area contributed by atoms with E-state index in [4.69, 9.17) is 9.47 Å². The largest absolute Gasteiger partial charge is 0.497 e. The highest BCUT2D eigenvalue weighted by Crippen LogP contribution is 2.24. The molecule has 0 aromatic heterocycles. The van der Waals surface area contributed by atoms with E-state index in [1.807, 2.05) is 25.2 Å². The molecule has 1 aliphatic rings. The molecule has 1 aromatic rings. The first-order valence-corrected chi connectivity index (χ1v) is 7.50. The van der Waals surface area contributed by atoms with Crippen molar-refractivity contribution >= 4 is 0 Å². The van der Waals surface area contributed by atoms with E-state index < -0.39 is 0 Å². The standard InChI is InChI=1S/C16H26N2O2/c1-17-13-14-12-15(19-2)6-7-16(14)20-11-5-10-18-8-3-4-9-18/h6-7,12,17H,3-5,8-11,13H2,1-2H3. The molecule has 0 amide bonds. The first-order valence-electron chi connectivity index (χ1n) is 7.50. The lowest BCUT2D eigenvalue weighted by Crippen LogP contribution is -2.22. The molecule has 0 aliphatic carbocycles. The van der Waals surface area contributed by atoms with Crippen LogP contribution in [0.4, 0.5) is 0 Å². The molecule has 0 spiro atoms. The number of rotatable bonds is 8. The summed E-state index contributed by atoms with van der Waals surface area (Å²) in [5.41, 5.74) is 1.15. The van der Waals surface area contributed by atoms with Gasteiger partial charge in [0.05, 0.1) is 13.7 Å². The van der Waals surface area contributed by atoms with Gasteiger partial charge in [0.25, 0.3) is 0 Å². The van der Waals surface area contributed by atoms with Crippen molar-refractivity contribution in [2.75, 3.05) is 40.4 Å². The summed E-state index contributed by atoms with van der Waals surface area (Å²) in [6.07, 6.45) is 3.79. The Kier molecular flexibility index (Phi) is 6.15. The molecule has 0 atom stereocenters. The van der Waals surface area contributed by atoms with E-state index in [0.29, 0.717) is 0 Å². The zero-order valence-corrected chi connectivity index (χ0v) is 12.7. The maximum absolute atomic E-state index is 5.93. The van der Waals surface area contributed by atoms with Crippen LogP contribution in [0.15, 0.2) is 18.2 Å². The molecule has 1 heterocycles. The van der Waals surface area contributed by atoms with Crippen LogP contribution in [0.2, 0.25) is 0 Å². The van der Waals surface area contributed by atoms with Crippen LogP contribution in [0.1, 0.15) is 24.8 Å². The lowest BCUT2D eigenvalue weighted by molar-refractivity contribution is 0.261. The van der Waals surface area contributed by atoms with Crippen molar-refractivity contribution in [3.63, 3.8) is 0 Å². The highest BCUT2D eigenvalue weighted by Gasteiger charge is 2.11. The zero-order valence-electron chi connectivity index (χ0n) is 12.7. The van der Waals surface area contributed by atoms with E-state index in [0.717, 1.165) is 43.2 Å². The molecule has 0 saturated carbocycles. The molecule has 1 aliphatic heterocycles. The zero-order chi connectivity index (χ0) is 14.2. The fourth-order valence-corrected chi connectivity index (χ4v) is 2.63. The van der Waals surface area contributed by atoms with Crippen molar-refractivity contribution in [2.24, 2.45) is 0 Å². The summed E-state index contributed by atoms with van der Waals surface area (Å²) in [5, 5.41) is 3.17. The Bertz CT molecular complexity index is 403. The maximum Gasteiger partial charge on any atom is 0.124 e. The summed E-state index contributed by atoms with van der Waals surface area (Å²) >= 11 is 0. The summed E-state index contributed by atoms with van der Waals surface area (Å²) in [4.78, 5) is 2.52.